The third-order valence-corrected chi connectivity index (χ3v) is 5.44. The van der Waals surface area contributed by atoms with Crippen LogP contribution in [0.4, 0.5) is 16.8 Å². The number of thiazole rings is 1. The lowest BCUT2D eigenvalue weighted by molar-refractivity contribution is -0.384. The van der Waals surface area contributed by atoms with Crippen LogP contribution in [-0.2, 0) is 4.79 Å². The number of nitro benzene ring substituents is 1. The highest BCUT2D eigenvalue weighted by Gasteiger charge is 2.21. The number of hydrogen-bond donors (Lipinski definition) is 1. The summed E-state index contributed by atoms with van der Waals surface area (Å²) in [5.41, 5.74) is 1.24. The molecule has 1 fully saturated rings. The number of benzene rings is 1. The maximum Gasteiger partial charge on any atom is 0.270 e. The fourth-order valence-corrected chi connectivity index (χ4v) is 3.90. The number of nitrogens with zero attached hydrogens (tertiary/aromatic N) is 6. The van der Waals surface area contributed by atoms with Gasteiger partial charge in [-0.3, -0.25) is 19.8 Å². The maximum absolute atomic E-state index is 12.4. The average Bonchev–Trinajstić information content (AvgIpc) is 3.23. The lowest BCUT2D eigenvalue weighted by atomic mass is 10.1. The van der Waals surface area contributed by atoms with Crippen molar-refractivity contribution in [3.05, 3.63) is 58.2 Å². The number of nitrogens with one attached hydrogen (secondary N) is 1. The second-order valence-electron chi connectivity index (χ2n) is 6.71. The first-order valence-electron chi connectivity index (χ1n) is 9.33. The highest BCUT2D eigenvalue weighted by atomic mass is 32.1. The third kappa shape index (κ3) is 4.75. The van der Waals surface area contributed by atoms with Gasteiger partial charge in [-0.25, -0.2) is 15.0 Å². The summed E-state index contributed by atoms with van der Waals surface area (Å²) < 4.78 is 0. The van der Waals surface area contributed by atoms with Gasteiger partial charge >= 0.3 is 0 Å². The number of aromatic nitrogens is 3. The Morgan fingerprint density at radius 2 is 1.93 bits per heavy atom. The van der Waals surface area contributed by atoms with Gasteiger partial charge in [-0.05, 0) is 6.07 Å². The van der Waals surface area contributed by atoms with Crippen molar-refractivity contribution in [2.75, 3.05) is 42.9 Å². The van der Waals surface area contributed by atoms with Gasteiger partial charge in [0.25, 0.3) is 5.69 Å². The zero-order chi connectivity index (χ0) is 20.9. The summed E-state index contributed by atoms with van der Waals surface area (Å²) in [4.78, 5) is 40.0. The minimum absolute atomic E-state index is 0.00568. The topological polar surface area (TPSA) is 117 Å². The van der Waals surface area contributed by atoms with Gasteiger partial charge in [-0.1, -0.05) is 12.1 Å². The summed E-state index contributed by atoms with van der Waals surface area (Å²) in [7, 11) is 0. The molecule has 11 heteroatoms. The van der Waals surface area contributed by atoms with Crippen LogP contribution in [-0.4, -0.2) is 63.4 Å². The number of nitro groups is 1. The summed E-state index contributed by atoms with van der Waals surface area (Å²) in [5, 5.41) is 16.0. The van der Waals surface area contributed by atoms with Gasteiger partial charge in [0.1, 0.15) is 0 Å². The lowest BCUT2D eigenvalue weighted by Gasteiger charge is -2.34. The molecule has 0 unspecified atom stereocenters. The molecule has 3 heterocycles. The fourth-order valence-electron chi connectivity index (χ4n) is 3.16. The fraction of sp³-hybridized carbons (Fsp3) is 0.263. The minimum atomic E-state index is -0.442. The largest absolute Gasteiger partial charge is 0.338 e. The molecule has 4 rings (SSSR count). The summed E-state index contributed by atoms with van der Waals surface area (Å²) in [6, 6.07) is 8.06. The van der Waals surface area contributed by atoms with Crippen molar-refractivity contribution in [2.24, 2.45) is 0 Å². The molecule has 1 aliphatic heterocycles. The van der Waals surface area contributed by atoms with E-state index in [2.05, 4.69) is 30.1 Å². The summed E-state index contributed by atoms with van der Waals surface area (Å²) in [6.07, 6.45) is 3.44. The van der Waals surface area contributed by atoms with E-state index in [4.69, 9.17) is 0 Å². The Morgan fingerprint density at radius 1 is 1.17 bits per heavy atom. The Bertz CT molecular complexity index is 1040. The molecule has 30 heavy (non-hydrogen) atoms. The van der Waals surface area contributed by atoms with Crippen molar-refractivity contribution in [1.29, 1.82) is 0 Å². The van der Waals surface area contributed by atoms with Gasteiger partial charge in [0.05, 0.1) is 17.2 Å². The van der Waals surface area contributed by atoms with Crippen molar-refractivity contribution in [2.45, 2.75) is 0 Å². The number of anilines is 2. The molecule has 1 amide bonds. The van der Waals surface area contributed by atoms with Crippen molar-refractivity contribution in [3.63, 3.8) is 0 Å². The predicted octanol–water partition coefficient (Wildman–Crippen LogP) is 2.27. The molecule has 1 aromatic carbocycles. The Kier molecular flexibility index (Phi) is 5.91. The molecule has 0 radical (unpaired) electrons. The highest BCUT2D eigenvalue weighted by Crippen LogP contribution is 2.27. The van der Waals surface area contributed by atoms with E-state index in [-0.39, 0.29) is 18.1 Å². The van der Waals surface area contributed by atoms with E-state index in [1.807, 2.05) is 0 Å². The Labute approximate surface area is 176 Å². The molecule has 1 N–H and O–H groups in total. The SMILES string of the molecule is O=C(CN1CCN(c2ncccn2)CC1)Nc1nc(-c2cccc([N+](=O)[O-])c2)cs1. The first kappa shape index (κ1) is 19.9. The highest BCUT2D eigenvalue weighted by molar-refractivity contribution is 7.14. The zero-order valence-electron chi connectivity index (χ0n) is 16.0. The van der Waals surface area contributed by atoms with Crippen LogP contribution in [0.1, 0.15) is 0 Å². The first-order valence-corrected chi connectivity index (χ1v) is 10.2. The number of piperazine rings is 1. The van der Waals surface area contributed by atoms with Gasteiger partial charge in [-0.15, -0.1) is 11.3 Å². The summed E-state index contributed by atoms with van der Waals surface area (Å²) in [6.45, 7) is 3.26. The van der Waals surface area contributed by atoms with E-state index in [0.29, 0.717) is 22.3 Å². The van der Waals surface area contributed by atoms with Crippen LogP contribution in [0.25, 0.3) is 11.3 Å². The number of non-ortho nitro benzene ring substituents is 1. The number of rotatable bonds is 6. The molecule has 0 atom stereocenters. The molecule has 154 valence electrons. The smallest absolute Gasteiger partial charge is 0.270 e. The molecule has 2 aromatic heterocycles. The van der Waals surface area contributed by atoms with Gasteiger partial charge in [0.15, 0.2) is 5.13 Å². The standard InChI is InChI=1S/C19H19N7O3S/c27-17(12-24-7-9-25(10-8-24)18-20-5-2-6-21-18)23-19-22-16(13-30-19)14-3-1-4-15(11-14)26(28)29/h1-6,11,13H,7-10,12H2,(H,22,23,27). The molecule has 0 saturated carbocycles. The average molecular weight is 425 g/mol. The number of hydrogen-bond acceptors (Lipinski definition) is 9. The van der Waals surface area contributed by atoms with Crippen LogP contribution in [0.5, 0.6) is 0 Å². The first-order chi connectivity index (χ1) is 14.6. The Hall–Kier alpha value is -3.44. The van der Waals surface area contributed by atoms with Crippen LogP contribution in [0.15, 0.2) is 48.1 Å². The maximum atomic E-state index is 12.4. The molecular weight excluding hydrogens is 406 g/mol. The molecule has 1 saturated heterocycles. The number of amides is 1. The minimum Gasteiger partial charge on any atom is -0.338 e. The molecule has 0 aliphatic carbocycles. The zero-order valence-corrected chi connectivity index (χ0v) is 16.8. The Morgan fingerprint density at radius 3 is 2.67 bits per heavy atom. The second-order valence-corrected chi connectivity index (χ2v) is 7.56. The van der Waals surface area contributed by atoms with Crippen molar-refractivity contribution in [3.8, 4) is 11.3 Å². The van der Waals surface area contributed by atoms with E-state index >= 15 is 0 Å². The number of carbonyl (C=O) groups is 1. The lowest BCUT2D eigenvalue weighted by Crippen LogP contribution is -2.49. The van der Waals surface area contributed by atoms with E-state index in [1.165, 1.54) is 23.5 Å². The second kappa shape index (κ2) is 8.93. The Balaban J connectivity index is 1.30. The van der Waals surface area contributed by atoms with Crippen LogP contribution in [0.3, 0.4) is 0 Å². The van der Waals surface area contributed by atoms with Crippen LogP contribution in [0, 0.1) is 10.1 Å². The van der Waals surface area contributed by atoms with E-state index in [9.17, 15) is 14.9 Å². The van der Waals surface area contributed by atoms with Crippen molar-refractivity contribution in [1.82, 2.24) is 19.9 Å². The van der Waals surface area contributed by atoms with Crippen LogP contribution in [0.2, 0.25) is 0 Å². The normalized spacial score (nSPS) is 14.5. The quantitative estimate of drug-likeness (QED) is 0.472. The van der Waals surface area contributed by atoms with E-state index < -0.39 is 4.92 Å². The van der Waals surface area contributed by atoms with Crippen LogP contribution >= 0.6 is 11.3 Å². The number of carbonyl (C=O) groups excluding carboxylic acids is 1. The van der Waals surface area contributed by atoms with Crippen molar-refractivity contribution >= 4 is 34.0 Å². The summed E-state index contributed by atoms with van der Waals surface area (Å²) in [5.74, 6) is 0.567. The van der Waals surface area contributed by atoms with Crippen LogP contribution < -0.4 is 10.2 Å². The third-order valence-electron chi connectivity index (χ3n) is 4.68. The van der Waals surface area contributed by atoms with E-state index in [0.717, 1.165) is 26.2 Å². The molecule has 0 bridgehead atoms. The van der Waals surface area contributed by atoms with Gasteiger partial charge < -0.3 is 10.2 Å². The molecular formula is C19H19N7O3S. The summed E-state index contributed by atoms with van der Waals surface area (Å²) >= 11 is 1.29. The van der Waals surface area contributed by atoms with Gasteiger partial charge in [0.2, 0.25) is 11.9 Å². The van der Waals surface area contributed by atoms with Gasteiger partial charge in [0, 0.05) is 61.6 Å². The van der Waals surface area contributed by atoms with Gasteiger partial charge in [-0.2, -0.15) is 0 Å². The van der Waals surface area contributed by atoms with E-state index in [1.54, 1.807) is 36.0 Å². The molecule has 3 aromatic rings. The molecule has 10 nitrogen and oxygen atoms in total. The monoisotopic (exact) mass is 425 g/mol. The molecule has 0 spiro atoms. The van der Waals surface area contributed by atoms with Crippen molar-refractivity contribution < 1.29 is 9.72 Å². The predicted molar refractivity (Wildman–Crippen MR) is 114 cm³/mol. The molecule has 1 aliphatic rings.